The van der Waals surface area contributed by atoms with Crippen LogP contribution in [0.4, 0.5) is 0 Å². The van der Waals surface area contributed by atoms with Crippen LogP contribution in [0.3, 0.4) is 0 Å². The van der Waals surface area contributed by atoms with Crippen LogP contribution in [0.1, 0.15) is 19.5 Å². The normalized spacial score (nSPS) is 12.9. The predicted octanol–water partition coefficient (Wildman–Crippen LogP) is 0.657. The Hall–Kier alpha value is -1.49. The lowest BCUT2D eigenvalue weighted by Crippen LogP contribution is -2.32. The van der Waals surface area contributed by atoms with E-state index in [-0.39, 0.29) is 23.2 Å². The third-order valence-corrected chi connectivity index (χ3v) is 3.58. The molecule has 0 fully saturated rings. The van der Waals surface area contributed by atoms with Gasteiger partial charge in [-0.15, -0.1) is 0 Å². The van der Waals surface area contributed by atoms with Gasteiger partial charge in [-0.3, -0.25) is 0 Å². The molecule has 0 aliphatic carbocycles. The van der Waals surface area contributed by atoms with E-state index in [0.29, 0.717) is 6.61 Å². The van der Waals surface area contributed by atoms with Gasteiger partial charge in [-0.05, 0) is 26.0 Å². The smallest absolute Gasteiger partial charge is 0.242 e. The van der Waals surface area contributed by atoms with E-state index in [1.54, 1.807) is 6.92 Å². The summed E-state index contributed by atoms with van der Waals surface area (Å²) in [5.74, 6) is 0. The van der Waals surface area contributed by atoms with Crippen molar-refractivity contribution in [3.8, 4) is 6.07 Å². The highest BCUT2D eigenvalue weighted by Gasteiger charge is 2.15. The standard InChI is InChI=1S/C11H15N3O3S/c1-3-17-9(2)7-14-18(15,16)11-5-4-10(6-12)13-8-11/h4-5,8-9,14H,3,7H2,1-2H3. The van der Waals surface area contributed by atoms with E-state index < -0.39 is 10.0 Å². The molecule has 0 aromatic carbocycles. The van der Waals surface area contributed by atoms with Gasteiger partial charge in [0.15, 0.2) is 0 Å². The Morgan fingerprint density at radius 3 is 2.78 bits per heavy atom. The van der Waals surface area contributed by atoms with Crippen molar-refractivity contribution in [3.05, 3.63) is 24.0 Å². The number of nitrogens with zero attached hydrogens (tertiary/aromatic N) is 2. The highest BCUT2D eigenvalue weighted by atomic mass is 32.2. The van der Waals surface area contributed by atoms with Crippen LogP contribution in [-0.4, -0.2) is 32.7 Å². The van der Waals surface area contributed by atoms with E-state index in [4.69, 9.17) is 10.00 Å². The molecule has 1 atom stereocenters. The second-order valence-electron chi connectivity index (χ2n) is 3.61. The second-order valence-corrected chi connectivity index (χ2v) is 5.38. The molecule has 6 nitrogen and oxygen atoms in total. The van der Waals surface area contributed by atoms with Crippen molar-refractivity contribution in [3.63, 3.8) is 0 Å². The summed E-state index contributed by atoms with van der Waals surface area (Å²) < 4.78 is 31.3. The zero-order valence-corrected chi connectivity index (χ0v) is 11.1. The summed E-state index contributed by atoms with van der Waals surface area (Å²) in [6.07, 6.45) is 0.961. The Morgan fingerprint density at radius 1 is 1.56 bits per heavy atom. The van der Waals surface area contributed by atoms with Crippen molar-refractivity contribution in [1.82, 2.24) is 9.71 Å². The summed E-state index contributed by atoms with van der Waals surface area (Å²) in [7, 11) is -3.60. The molecule has 1 aromatic rings. The fourth-order valence-corrected chi connectivity index (χ4v) is 2.32. The third-order valence-electron chi connectivity index (χ3n) is 2.17. The average Bonchev–Trinajstić information content (AvgIpc) is 2.37. The third kappa shape index (κ3) is 4.07. The zero-order chi connectivity index (χ0) is 13.6. The summed E-state index contributed by atoms with van der Waals surface area (Å²) >= 11 is 0. The Balaban J connectivity index is 2.71. The van der Waals surface area contributed by atoms with Crippen LogP contribution in [0.2, 0.25) is 0 Å². The van der Waals surface area contributed by atoms with E-state index in [9.17, 15) is 8.42 Å². The van der Waals surface area contributed by atoms with Gasteiger partial charge < -0.3 is 4.74 Å². The van der Waals surface area contributed by atoms with Crippen molar-refractivity contribution in [2.45, 2.75) is 24.8 Å². The van der Waals surface area contributed by atoms with Crippen LogP contribution < -0.4 is 4.72 Å². The van der Waals surface area contributed by atoms with E-state index in [0.717, 1.165) is 6.20 Å². The molecule has 1 rings (SSSR count). The zero-order valence-electron chi connectivity index (χ0n) is 10.3. The summed E-state index contributed by atoms with van der Waals surface area (Å²) in [6.45, 7) is 4.34. The molecule has 0 aliphatic rings. The Kier molecular flexibility index (Phi) is 5.22. The van der Waals surface area contributed by atoms with Crippen LogP contribution >= 0.6 is 0 Å². The highest BCUT2D eigenvalue weighted by Crippen LogP contribution is 2.07. The molecular weight excluding hydrogens is 254 g/mol. The maximum Gasteiger partial charge on any atom is 0.242 e. The quantitative estimate of drug-likeness (QED) is 0.818. The molecule has 98 valence electrons. The van der Waals surface area contributed by atoms with Crippen LogP contribution in [-0.2, 0) is 14.8 Å². The van der Waals surface area contributed by atoms with Crippen LogP contribution in [0.25, 0.3) is 0 Å². The van der Waals surface area contributed by atoms with E-state index >= 15 is 0 Å². The minimum Gasteiger partial charge on any atom is -0.377 e. The average molecular weight is 269 g/mol. The van der Waals surface area contributed by atoms with Gasteiger partial charge in [0, 0.05) is 19.3 Å². The van der Waals surface area contributed by atoms with Crippen LogP contribution in [0, 0.1) is 11.3 Å². The SMILES string of the molecule is CCOC(C)CNS(=O)(=O)c1ccc(C#N)nc1. The first-order chi connectivity index (χ1) is 8.49. The number of hydrogen-bond acceptors (Lipinski definition) is 5. The number of nitrogens with one attached hydrogen (secondary N) is 1. The molecule has 1 heterocycles. The van der Waals surface area contributed by atoms with Gasteiger partial charge in [0.2, 0.25) is 10.0 Å². The van der Waals surface area contributed by atoms with Crippen molar-refractivity contribution in [2.24, 2.45) is 0 Å². The number of hydrogen-bond donors (Lipinski definition) is 1. The maximum atomic E-state index is 11.9. The minimum absolute atomic E-state index is 0.0326. The Labute approximate surface area is 107 Å². The van der Waals surface area contributed by atoms with Gasteiger partial charge in [0.05, 0.1) is 6.10 Å². The molecular formula is C11H15N3O3S. The molecule has 1 unspecified atom stereocenters. The summed E-state index contributed by atoms with van der Waals surface area (Å²) in [5, 5.41) is 8.57. The molecule has 0 aliphatic heterocycles. The van der Waals surface area contributed by atoms with Gasteiger partial charge in [-0.2, -0.15) is 5.26 Å². The van der Waals surface area contributed by atoms with Gasteiger partial charge >= 0.3 is 0 Å². The van der Waals surface area contributed by atoms with Gasteiger partial charge in [0.25, 0.3) is 0 Å². The number of ether oxygens (including phenoxy) is 1. The number of nitriles is 1. The molecule has 1 aromatic heterocycles. The summed E-state index contributed by atoms with van der Waals surface area (Å²) in [4.78, 5) is 3.75. The van der Waals surface area contributed by atoms with Crippen molar-refractivity contribution in [2.75, 3.05) is 13.2 Å². The molecule has 0 amide bonds. The summed E-state index contributed by atoms with van der Waals surface area (Å²) in [6, 6.07) is 4.53. The van der Waals surface area contributed by atoms with Crippen molar-refractivity contribution < 1.29 is 13.2 Å². The van der Waals surface area contributed by atoms with Gasteiger partial charge in [0.1, 0.15) is 16.7 Å². The molecule has 18 heavy (non-hydrogen) atoms. The first kappa shape index (κ1) is 14.6. The molecule has 0 radical (unpaired) electrons. The molecule has 1 N–H and O–H groups in total. The van der Waals surface area contributed by atoms with Crippen LogP contribution in [0.15, 0.2) is 23.2 Å². The van der Waals surface area contributed by atoms with Gasteiger partial charge in [-0.25, -0.2) is 18.1 Å². The predicted molar refractivity (Wildman–Crippen MR) is 65.2 cm³/mol. The summed E-state index contributed by atoms with van der Waals surface area (Å²) in [5.41, 5.74) is 0.177. The lowest BCUT2D eigenvalue weighted by molar-refractivity contribution is 0.0799. The molecule has 0 bridgehead atoms. The topological polar surface area (TPSA) is 92.1 Å². The van der Waals surface area contributed by atoms with Crippen LogP contribution in [0.5, 0.6) is 0 Å². The first-order valence-corrected chi connectivity index (χ1v) is 6.95. The number of rotatable bonds is 6. The molecule has 7 heteroatoms. The lowest BCUT2D eigenvalue weighted by Gasteiger charge is -2.12. The fraction of sp³-hybridized carbons (Fsp3) is 0.455. The fourth-order valence-electron chi connectivity index (χ4n) is 1.26. The number of sulfonamides is 1. The van der Waals surface area contributed by atoms with E-state index in [1.807, 2.05) is 13.0 Å². The first-order valence-electron chi connectivity index (χ1n) is 5.47. The van der Waals surface area contributed by atoms with Crippen molar-refractivity contribution >= 4 is 10.0 Å². The molecule has 0 spiro atoms. The lowest BCUT2D eigenvalue weighted by atomic mass is 10.4. The largest absolute Gasteiger partial charge is 0.377 e. The Bertz CT molecular complexity index is 519. The molecule has 0 saturated heterocycles. The highest BCUT2D eigenvalue weighted by molar-refractivity contribution is 7.89. The monoisotopic (exact) mass is 269 g/mol. The molecule has 0 saturated carbocycles. The van der Waals surface area contributed by atoms with Gasteiger partial charge in [-0.1, -0.05) is 0 Å². The number of pyridine rings is 1. The number of aromatic nitrogens is 1. The second kappa shape index (κ2) is 6.44. The maximum absolute atomic E-state index is 11.9. The Morgan fingerprint density at radius 2 is 2.28 bits per heavy atom. The van der Waals surface area contributed by atoms with E-state index in [2.05, 4.69) is 9.71 Å². The van der Waals surface area contributed by atoms with E-state index in [1.165, 1.54) is 12.1 Å². The minimum atomic E-state index is -3.60. The van der Waals surface area contributed by atoms with Crippen molar-refractivity contribution in [1.29, 1.82) is 5.26 Å².